The van der Waals surface area contributed by atoms with E-state index >= 15 is 0 Å². The summed E-state index contributed by atoms with van der Waals surface area (Å²) in [5, 5.41) is 12.0. The fraction of sp³-hybridized carbons (Fsp3) is 0.526. The van der Waals surface area contributed by atoms with Crippen molar-refractivity contribution < 1.29 is 28.6 Å². The highest BCUT2D eigenvalue weighted by Gasteiger charge is 2.15. The van der Waals surface area contributed by atoms with Gasteiger partial charge in [0.15, 0.2) is 17.2 Å². The van der Waals surface area contributed by atoms with Crippen molar-refractivity contribution in [2.24, 2.45) is 5.16 Å². The molecule has 27 heavy (non-hydrogen) atoms. The Morgan fingerprint density at radius 3 is 2.41 bits per heavy atom. The molecule has 1 N–H and O–H groups in total. The van der Waals surface area contributed by atoms with Crippen LogP contribution in [0.5, 0.6) is 0 Å². The van der Waals surface area contributed by atoms with E-state index in [0.29, 0.717) is 30.3 Å². The van der Waals surface area contributed by atoms with E-state index in [4.69, 9.17) is 19.1 Å². The molecule has 1 rings (SSSR count). The van der Waals surface area contributed by atoms with Gasteiger partial charge in [0.1, 0.15) is 12.5 Å². The van der Waals surface area contributed by atoms with E-state index < -0.39 is 5.97 Å². The average Bonchev–Trinajstić information content (AvgIpc) is 3.16. The van der Waals surface area contributed by atoms with Gasteiger partial charge < -0.3 is 23.8 Å². The van der Waals surface area contributed by atoms with Crippen molar-refractivity contribution in [2.45, 2.75) is 46.5 Å². The second-order valence-corrected chi connectivity index (χ2v) is 5.73. The molecule has 0 fully saturated rings. The van der Waals surface area contributed by atoms with Crippen LogP contribution in [0.2, 0.25) is 0 Å². The first-order chi connectivity index (χ1) is 13.1. The van der Waals surface area contributed by atoms with Crippen LogP contribution >= 0.6 is 0 Å². The van der Waals surface area contributed by atoms with Gasteiger partial charge in [-0.25, -0.2) is 9.78 Å². The third-order valence-corrected chi connectivity index (χ3v) is 3.51. The highest BCUT2D eigenvalue weighted by atomic mass is 16.5. The molecule has 0 aliphatic rings. The fourth-order valence-electron chi connectivity index (χ4n) is 1.97. The zero-order valence-electron chi connectivity index (χ0n) is 16.4. The monoisotopic (exact) mass is 380 g/mol. The normalized spacial score (nSPS) is 12.8. The molecular formula is C19H28N2O6. The maximum atomic E-state index is 11.5. The summed E-state index contributed by atoms with van der Waals surface area (Å²) in [7, 11) is 1.27. The maximum absolute atomic E-state index is 11.5. The van der Waals surface area contributed by atoms with Crippen LogP contribution in [0.4, 0.5) is 0 Å². The van der Waals surface area contributed by atoms with Crippen molar-refractivity contribution in [1.82, 2.24) is 4.98 Å². The van der Waals surface area contributed by atoms with Crippen LogP contribution in [-0.4, -0.2) is 42.7 Å². The molecule has 0 spiro atoms. The first-order valence-electron chi connectivity index (χ1n) is 8.97. The number of aromatic nitrogens is 1. The molecule has 0 aliphatic carbocycles. The number of esters is 1. The Morgan fingerprint density at radius 1 is 1.22 bits per heavy atom. The number of methoxy groups -OCH3 is 1. The molecule has 0 unspecified atom stereocenters. The van der Waals surface area contributed by atoms with Gasteiger partial charge in [-0.3, -0.25) is 0 Å². The van der Waals surface area contributed by atoms with E-state index in [-0.39, 0.29) is 11.6 Å². The number of oxime groups is 1. The van der Waals surface area contributed by atoms with E-state index in [1.165, 1.54) is 19.6 Å². The smallest absolute Gasteiger partial charge is 0.360 e. The lowest BCUT2D eigenvalue weighted by Gasteiger charge is -2.12. The number of ether oxygens (including phenoxy) is 3. The van der Waals surface area contributed by atoms with Crippen molar-refractivity contribution in [3.63, 3.8) is 0 Å². The molecule has 1 aromatic heterocycles. The van der Waals surface area contributed by atoms with E-state index in [1.807, 2.05) is 0 Å². The minimum atomic E-state index is -0.580. The van der Waals surface area contributed by atoms with Crippen LogP contribution in [0.3, 0.4) is 0 Å². The lowest BCUT2D eigenvalue weighted by atomic mass is 10.2. The Hall–Kier alpha value is -2.77. The summed E-state index contributed by atoms with van der Waals surface area (Å²) in [6.45, 7) is 6.82. The van der Waals surface area contributed by atoms with Crippen molar-refractivity contribution in [2.75, 3.05) is 20.3 Å². The number of allylic oxidation sites excluding steroid dienone is 3. The molecule has 8 heteroatoms. The zero-order chi connectivity index (χ0) is 20.1. The molecule has 1 heterocycles. The molecule has 0 amide bonds. The van der Waals surface area contributed by atoms with Gasteiger partial charge in [0.05, 0.1) is 20.3 Å². The first-order valence-corrected chi connectivity index (χ1v) is 8.97. The van der Waals surface area contributed by atoms with E-state index in [1.54, 1.807) is 13.0 Å². The number of hydrogen-bond donors (Lipinski definition) is 1. The van der Waals surface area contributed by atoms with Crippen LogP contribution in [0.15, 0.2) is 33.4 Å². The molecule has 8 nitrogen and oxygen atoms in total. The third-order valence-electron chi connectivity index (χ3n) is 3.51. The number of carbonyl (C=O) groups excluding carboxylic acids is 1. The Balaban J connectivity index is 3.15. The topological polar surface area (TPSA) is 103 Å². The summed E-state index contributed by atoms with van der Waals surface area (Å²) < 4.78 is 21.5. The molecule has 150 valence electrons. The fourth-order valence-corrected chi connectivity index (χ4v) is 1.97. The molecule has 0 saturated heterocycles. The SMILES string of the molecule is CCCCOC(/C=N/O)=C(/C=C(\C)c1nc(C(=O)OC)co1)OCCCC. The number of unbranched alkanes of at least 4 members (excludes halogenated alkanes) is 2. The first kappa shape index (κ1) is 22.3. The molecule has 0 radical (unpaired) electrons. The van der Waals surface area contributed by atoms with Gasteiger partial charge in [-0.05, 0) is 25.8 Å². The van der Waals surface area contributed by atoms with Crippen LogP contribution in [0.25, 0.3) is 5.57 Å². The number of carbonyl (C=O) groups is 1. The predicted molar refractivity (Wildman–Crippen MR) is 101 cm³/mol. The molecule has 0 bridgehead atoms. The summed E-state index contributed by atoms with van der Waals surface area (Å²) in [5.41, 5.74) is 0.689. The van der Waals surface area contributed by atoms with E-state index in [9.17, 15) is 4.79 Å². The van der Waals surface area contributed by atoms with Gasteiger partial charge in [-0.15, -0.1) is 0 Å². The molecule has 0 atom stereocenters. The zero-order valence-corrected chi connectivity index (χ0v) is 16.4. The number of oxazole rings is 1. The number of hydrogen-bond acceptors (Lipinski definition) is 8. The Labute approximate surface area is 159 Å². The summed E-state index contributed by atoms with van der Waals surface area (Å²) >= 11 is 0. The second kappa shape index (κ2) is 12.6. The highest BCUT2D eigenvalue weighted by Crippen LogP contribution is 2.19. The van der Waals surface area contributed by atoms with Gasteiger partial charge >= 0.3 is 5.97 Å². The van der Waals surface area contributed by atoms with E-state index in [0.717, 1.165) is 25.7 Å². The second-order valence-electron chi connectivity index (χ2n) is 5.73. The molecule has 1 aromatic rings. The van der Waals surface area contributed by atoms with Gasteiger partial charge in [0, 0.05) is 5.57 Å². The number of rotatable bonds is 12. The van der Waals surface area contributed by atoms with Crippen LogP contribution in [0, 0.1) is 0 Å². The van der Waals surface area contributed by atoms with Gasteiger partial charge in [0.25, 0.3) is 0 Å². The lowest BCUT2D eigenvalue weighted by molar-refractivity contribution is 0.0594. The minimum absolute atomic E-state index is 0.0778. The summed E-state index contributed by atoms with van der Waals surface area (Å²) in [4.78, 5) is 15.6. The van der Waals surface area contributed by atoms with Crippen LogP contribution in [-0.2, 0) is 14.2 Å². The van der Waals surface area contributed by atoms with E-state index in [2.05, 4.69) is 28.7 Å². The molecular weight excluding hydrogens is 352 g/mol. The van der Waals surface area contributed by atoms with Crippen molar-refractivity contribution in [1.29, 1.82) is 0 Å². The van der Waals surface area contributed by atoms with Crippen LogP contribution in [0.1, 0.15) is 62.8 Å². The molecule has 0 aromatic carbocycles. The van der Waals surface area contributed by atoms with Crippen molar-refractivity contribution in [3.8, 4) is 0 Å². The summed E-state index contributed by atoms with van der Waals surface area (Å²) in [6.07, 6.45) is 7.75. The van der Waals surface area contributed by atoms with Gasteiger partial charge in [-0.2, -0.15) is 0 Å². The largest absolute Gasteiger partial charge is 0.490 e. The summed E-state index contributed by atoms with van der Waals surface area (Å²) in [5.74, 6) is 0.374. The minimum Gasteiger partial charge on any atom is -0.490 e. The van der Waals surface area contributed by atoms with Gasteiger partial charge in [0.2, 0.25) is 5.89 Å². The third kappa shape index (κ3) is 7.55. The van der Waals surface area contributed by atoms with Crippen molar-refractivity contribution in [3.05, 3.63) is 35.4 Å². The predicted octanol–water partition coefficient (Wildman–Crippen LogP) is 4.17. The van der Waals surface area contributed by atoms with Crippen LogP contribution < -0.4 is 0 Å². The average molecular weight is 380 g/mol. The Kier molecular flexibility index (Phi) is 10.4. The Bertz CT molecular complexity index is 675. The molecule has 0 aliphatic heterocycles. The number of nitrogens with zero attached hydrogens (tertiary/aromatic N) is 2. The van der Waals surface area contributed by atoms with Crippen molar-refractivity contribution >= 4 is 17.8 Å². The Morgan fingerprint density at radius 2 is 1.85 bits per heavy atom. The standard InChI is InChI=1S/C19H28N2O6/c1-5-7-9-25-16(17(12-20-23)26-10-8-6-2)11-14(3)18-21-15(13-27-18)19(22)24-4/h11-13,23H,5-10H2,1-4H3/b14-11+,17-16-,20-12+. The molecule has 0 saturated carbocycles. The quantitative estimate of drug-likeness (QED) is 0.110. The highest BCUT2D eigenvalue weighted by molar-refractivity contribution is 5.87. The lowest BCUT2D eigenvalue weighted by Crippen LogP contribution is -2.05. The van der Waals surface area contributed by atoms with Gasteiger partial charge in [-0.1, -0.05) is 31.8 Å². The maximum Gasteiger partial charge on any atom is 0.360 e. The summed E-state index contributed by atoms with van der Waals surface area (Å²) in [6, 6.07) is 0.